The van der Waals surface area contributed by atoms with E-state index in [0.29, 0.717) is 25.8 Å². The van der Waals surface area contributed by atoms with Crippen molar-refractivity contribution in [2.24, 2.45) is 5.92 Å². The predicted molar refractivity (Wildman–Crippen MR) is 119 cm³/mol. The van der Waals surface area contributed by atoms with Gasteiger partial charge in [-0.1, -0.05) is 61.6 Å². The number of amides is 1. The fourth-order valence-electron chi connectivity index (χ4n) is 3.75. The molecule has 0 spiro atoms. The van der Waals surface area contributed by atoms with Gasteiger partial charge in [-0.25, -0.2) is 0 Å². The normalized spacial score (nSPS) is 19.1. The Morgan fingerprint density at radius 2 is 2.00 bits per heavy atom. The molecule has 1 aliphatic heterocycles. The molecule has 2 N–H and O–H groups in total. The molecule has 0 saturated carbocycles. The summed E-state index contributed by atoms with van der Waals surface area (Å²) < 4.78 is 0. The fourth-order valence-corrected chi connectivity index (χ4v) is 3.75. The Labute approximate surface area is 180 Å². The summed E-state index contributed by atoms with van der Waals surface area (Å²) in [6.07, 6.45) is 13.0. The number of benzene rings is 1. The molecule has 0 radical (unpaired) electrons. The summed E-state index contributed by atoms with van der Waals surface area (Å²) in [6.45, 7) is 2.60. The maximum atomic E-state index is 12.2. The maximum absolute atomic E-state index is 12.2. The number of rotatable bonds is 13. The molecule has 3 atom stereocenters. The Bertz CT molecular complexity index is 713. The van der Waals surface area contributed by atoms with Crippen molar-refractivity contribution < 1.29 is 19.8 Å². The van der Waals surface area contributed by atoms with Crippen LogP contribution in [0.25, 0.3) is 0 Å². The van der Waals surface area contributed by atoms with Gasteiger partial charge in [0, 0.05) is 19.4 Å². The first-order valence-corrected chi connectivity index (χ1v) is 11.0. The molecule has 1 fully saturated rings. The largest absolute Gasteiger partial charge is 0.481 e. The van der Waals surface area contributed by atoms with E-state index in [2.05, 4.69) is 31.2 Å². The molecular formula is C25H35NO4. The summed E-state index contributed by atoms with van der Waals surface area (Å²) >= 11 is 0. The van der Waals surface area contributed by atoms with Crippen molar-refractivity contribution in [3.8, 4) is 0 Å². The molecule has 0 aromatic heterocycles. The average Bonchev–Trinajstić information content (AvgIpc) is 3.08. The molecule has 1 aromatic rings. The Hall–Kier alpha value is -2.40. The van der Waals surface area contributed by atoms with Crippen LogP contribution in [0.4, 0.5) is 0 Å². The molecule has 1 amide bonds. The molecule has 2 rings (SSSR count). The van der Waals surface area contributed by atoms with Crippen molar-refractivity contribution in [3.63, 3.8) is 0 Å². The molecular weight excluding hydrogens is 378 g/mol. The summed E-state index contributed by atoms with van der Waals surface area (Å²) in [7, 11) is 0. The van der Waals surface area contributed by atoms with E-state index in [4.69, 9.17) is 5.11 Å². The Kier molecular flexibility index (Phi) is 10.4. The second kappa shape index (κ2) is 13.0. The molecule has 0 bridgehead atoms. The number of likely N-dealkylation sites (tertiary alicyclic amines) is 1. The fraction of sp³-hybridized carbons (Fsp3) is 0.520. The van der Waals surface area contributed by atoms with Crippen LogP contribution in [-0.2, 0) is 16.0 Å². The van der Waals surface area contributed by atoms with Gasteiger partial charge in [0.2, 0.25) is 5.91 Å². The van der Waals surface area contributed by atoms with E-state index < -0.39 is 12.1 Å². The van der Waals surface area contributed by atoms with E-state index in [-0.39, 0.29) is 24.3 Å². The number of hydrogen-bond donors (Lipinski definition) is 2. The maximum Gasteiger partial charge on any atom is 0.303 e. The number of carbonyl (C=O) groups is 2. The summed E-state index contributed by atoms with van der Waals surface area (Å²) in [5, 5.41) is 19.1. The summed E-state index contributed by atoms with van der Waals surface area (Å²) in [5.41, 5.74) is 1.32. The van der Waals surface area contributed by atoms with Crippen molar-refractivity contribution in [3.05, 3.63) is 60.2 Å². The van der Waals surface area contributed by atoms with Gasteiger partial charge in [-0.2, -0.15) is 0 Å². The van der Waals surface area contributed by atoms with Gasteiger partial charge < -0.3 is 15.1 Å². The van der Waals surface area contributed by atoms with Crippen LogP contribution in [0.5, 0.6) is 0 Å². The van der Waals surface area contributed by atoms with Crippen molar-refractivity contribution in [1.82, 2.24) is 4.90 Å². The van der Waals surface area contributed by atoms with Crippen LogP contribution in [0.2, 0.25) is 0 Å². The number of nitrogens with zero attached hydrogens (tertiary/aromatic N) is 1. The lowest BCUT2D eigenvalue weighted by Gasteiger charge is -2.22. The van der Waals surface area contributed by atoms with Gasteiger partial charge in [0.1, 0.15) is 0 Å². The number of aryl methyl sites for hydroxylation is 1. The molecule has 5 heteroatoms. The highest BCUT2D eigenvalue weighted by Gasteiger charge is 2.28. The van der Waals surface area contributed by atoms with Crippen molar-refractivity contribution in [1.29, 1.82) is 0 Å². The third kappa shape index (κ3) is 8.54. The standard InChI is InChI=1S/C25H35NO4/c1-20(10-9-13-21-11-5-4-6-12-21)23(27)17-15-22-16-18-24(28)26(22)19-8-3-2-7-14-25(29)30/h3-6,8,11-12,15,17,20,22-23,27H,2,7,9-10,13-14,16,18-19H2,1H3,(H,29,30)/t20-,22?,23+/m0/s1. The summed E-state index contributed by atoms with van der Waals surface area (Å²) in [4.78, 5) is 24.5. The van der Waals surface area contributed by atoms with E-state index >= 15 is 0 Å². The number of carboxylic acids is 1. The Morgan fingerprint density at radius 1 is 1.23 bits per heavy atom. The number of aliphatic carboxylic acids is 1. The zero-order chi connectivity index (χ0) is 21.8. The van der Waals surface area contributed by atoms with Gasteiger partial charge in [0.05, 0.1) is 12.1 Å². The SMILES string of the molecule is C[C@@H](CCCc1ccccc1)[C@H](O)C=CC1CCC(=O)N1CC=CCCCC(=O)O. The quantitative estimate of drug-likeness (QED) is 0.372. The van der Waals surface area contributed by atoms with Crippen LogP contribution < -0.4 is 0 Å². The minimum atomic E-state index is -0.781. The zero-order valence-electron chi connectivity index (χ0n) is 18.0. The van der Waals surface area contributed by atoms with Crippen molar-refractivity contribution in [2.75, 3.05) is 6.54 Å². The van der Waals surface area contributed by atoms with E-state index in [1.165, 1.54) is 5.56 Å². The summed E-state index contributed by atoms with van der Waals surface area (Å²) in [5.74, 6) is -0.481. The van der Waals surface area contributed by atoms with Crippen molar-refractivity contribution >= 4 is 11.9 Å². The number of carbonyl (C=O) groups excluding carboxylic acids is 1. The van der Waals surface area contributed by atoms with E-state index in [9.17, 15) is 14.7 Å². The highest BCUT2D eigenvalue weighted by molar-refractivity contribution is 5.79. The van der Waals surface area contributed by atoms with Crippen LogP contribution in [0.15, 0.2) is 54.6 Å². The first-order valence-electron chi connectivity index (χ1n) is 11.0. The van der Waals surface area contributed by atoms with Gasteiger partial charge >= 0.3 is 5.97 Å². The van der Waals surface area contributed by atoms with Gasteiger partial charge in [0.25, 0.3) is 0 Å². The minimum absolute atomic E-state index is 0.0207. The number of aliphatic hydroxyl groups excluding tert-OH is 1. The van der Waals surface area contributed by atoms with Crippen LogP contribution >= 0.6 is 0 Å². The third-order valence-electron chi connectivity index (χ3n) is 5.69. The Balaban J connectivity index is 1.74. The number of hydrogen-bond acceptors (Lipinski definition) is 3. The zero-order valence-corrected chi connectivity index (χ0v) is 18.0. The second-order valence-electron chi connectivity index (χ2n) is 8.14. The monoisotopic (exact) mass is 413 g/mol. The average molecular weight is 414 g/mol. The van der Waals surface area contributed by atoms with Gasteiger partial charge in [-0.05, 0) is 50.0 Å². The molecule has 30 heavy (non-hydrogen) atoms. The number of unbranched alkanes of at least 4 members (excludes halogenated alkanes) is 1. The van der Waals surface area contributed by atoms with Crippen LogP contribution in [0, 0.1) is 5.92 Å². The van der Waals surface area contributed by atoms with E-state index in [1.807, 2.05) is 35.3 Å². The molecule has 164 valence electrons. The first kappa shape index (κ1) is 23.9. The molecule has 1 aromatic carbocycles. The molecule has 1 unspecified atom stereocenters. The number of carboxylic acid groups (broad SMARTS) is 1. The smallest absolute Gasteiger partial charge is 0.303 e. The van der Waals surface area contributed by atoms with Crippen LogP contribution in [0.3, 0.4) is 0 Å². The lowest BCUT2D eigenvalue weighted by Crippen LogP contribution is -2.32. The molecule has 1 aliphatic rings. The number of aliphatic hydroxyl groups is 1. The van der Waals surface area contributed by atoms with E-state index in [1.54, 1.807) is 0 Å². The van der Waals surface area contributed by atoms with Gasteiger partial charge in [-0.15, -0.1) is 0 Å². The van der Waals surface area contributed by atoms with Gasteiger partial charge in [0.15, 0.2) is 0 Å². The van der Waals surface area contributed by atoms with Gasteiger partial charge in [-0.3, -0.25) is 9.59 Å². The molecule has 1 saturated heterocycles. The van der Waals surface area contributed by atoms with Crippen molar-refractivity contribution in [2.45, 2.75) is 70.4 Å². The van der Waals surface area contributed by atoms with Crippen LogP contribution in [-0.4, -0.2) is 45.7 Å². The highest BCUT2D eigenvalue weighted by atomic mass is 16.4. The first-order chi connectivity index (χ1) is 14.5. The topological polar surface area (TPSA) is 77.8 Å². The molecule has 1 heterocycles. The third-order valence-corrected chi connectivity index (χ3v) is 5.69. The summed E-state index contributed by atoms with van der Waals surface area (Å²) in [6, 6.07) is 10.4. The van der Waals surface area contributed by atoms with Crippen LogP contribution in [0.1, 0.15) is 57.4 Å². The number of allylic oxidation sites excluding steroid dienone is 1. The minimum Gasteiger partial charge on any atom is -0.481 e. The Morgan fingerprint density at radius 3 is 2.73 bits per heavy atom. The molecule has 5 nitrogen and oxygen atoms in total. The van der Waals surface area contributed by atoms with E-state index in [0.717, 1.165) is 25.7 Å². The predicted octanol–water partition coefficient (Wildman–Crippen LogP) is 4.36. The lowest BCUT2D eigenvalue weighted by atomic mass is 9.95. The highest BCUT2D eigenvalue weighted by Crippen LogP contribution is 2.21. The second-order valence-corrected chi connectivity index (χ2v) is 8.14. The lowest BCUT2D eigenvalue weighted by molar-refractivity contribution is -0.137. The molecule has 0 aliphatic carbocycles.